The topological polar surface area (TPSA) is 50.6 Å². The van der Waals surface area contributed by atoms with Gasteiger partial charge in [0.1, 0.15) is 0 Å². The minimum atomic E-state index is -0.0483. The summed E-state index contributed by atoms with van der Waals surface area (Å²) < 4.78 is 8.34. The molecular weight excluding hydrogens is 607 g/mol. The lowest BCUT2D eigenvalue weighted by atomic mass is 9.65. The van der Waals surface area contributed by atoms with Gasteiger partial charge in [-0.25, -0.2) is 4.99 Å². The zero-order chi connectivity index (χ0) is 32.0. The second-order valence-corrected chi connectivity index (χ2v) is 16.8. The molecule has 4 nitrogen and oxygen atoms in total. The van der Waals surface area contributed by atoms with Gasteiger partial charge in [0.25, 0.3) is 0 Å². The summed E-state index contributed by atoms with van der Waals surface area (Å²) >= 11 is 1.93. The first-order valence-corrected chi connectivity index (χ1v) is 19.0. The summed E-state index contributed by atoms with van der Waals surface area (Å²) in [5.41, 5.74) is 8.54. The summed E-state index contributed by atoms with van der Waals surface area (Å²) in [4.78, 5) is 12.0. The van der Waals surface area contributed by atoms with Gasteiger partial charge in [0.05, 0.1) is 11.7 Å². The molecule has 1 spiro atoms. The third-order valence-corrected chi connectivity index (χ3v) is 14.0. The quantitative estimate of drug-likeness (QED) is 0.282. The molecule has 242 valence electrons. The van der Waals surface area contributed by atoms with Gasteiger partial charge in [-0.3, -0.25) is 5.32 Å². The molecule has 0 amide bonds. The maximum Gasteiger partial charge on any atom is 0.231 e. The Hall–Kier alpha value is -3.64. The van der Waals surface area contributed by atoms with E-state index in [4.69, 9.17) is 14.7 Å². The van der Waals surface area contributed by atoms with Crippen molar-refractivity contribution >= 4 is 39.2 Å². The molecule has 2 aromatic carbocycles. The zero-order valence-corrected chi connectivity index (χ0v) is 28.8. The zero-order valence-electron chi connectivity index (χ0n) is 28.0. The summed E-state index contributed by atoms with van der Waals surface area (Å²) in [6.07, 6.45) is 26.0. The Morgan fingerprint density at radius 2 is 1.75 bits per heavy atom. The van der Waals surface area contributed by atoms with Crippen molar-refractivity contribution in [3.63, 3.8) is 0 Å². The first-order chi connectivity index (χ1) is 23.5. The molecule has 6 atom stereocenters. The fourth-order valence-electron chi connectivity index (χ4n) is 10.3. The number of quaternary nitrogens is 1. The van der Waals surface area contributed by atoms with Crippen LogP contribution in [0.3, 0.4) is 0 Å². The van der Waals surface area contributed by atoms with Crippen LogP contribution in [0.2, 0.25) is 0 Å². The Bertz CT molecular complexity index is 2050. The number of ether oxygens (including phenoxy) is 1. The van der Waals surface area contributed by atoms with Crippen molar-refractivity contribution in [1.82, 2.24) is 0 Å². The van der Waals surface area contributed by atoms with Crippen LogP contribution in [0.1, 0.15) is 86.5 Å². The van der Waals surface area contributed by atoms with Crippen LogP contribution in [-0.4, -0.2) is 23.4 Å². The van der Waals surface area contributed by atoms with E-state index >= 15 is 0 Å². The first kappa shape index (κ1) is 29.3. The minimum absolute atomic E-state index is 0.0483. The molecule has 48 heavy (non-hydrogen) atoms. The second kappa shape index (κ2) is 10.9. The highest BCUT2D eigenvalue weighted by atomic mass is 32.1. The number of amidine groups is 2. The van der Waals surface area contributed by atoms with Crippen molar-refractivity contribution in [2.45, 2.75) is 83.1 Å². The van der Waals surface area contributed by atoms with Crippen LogP contribution in [0, 0.1) is 23.2 Å². The van der Waals surface area contributed by atoms with Gasteiger partial charge in [0.15, 0.2) is 5.84 Å². The molecule has 2 N–H and O–H groups in total. The van der Waals surface area contributed by atoms with E-state index in [0.717, 1.165) is 55.8 Å². The molecule has 1 aromatic heterocycles. The highest BCUT2D eigenvalue weighted by Gasteiger charge is 2.75. The van der Waals surface area contributed by atoms with Crippen LogP contribution in [0.25, 0.3) is 16.2 Å². The van der Waals surface area contributed by atoms with E-state index in [1.807, 2.05) is 11.3 Å². The highest BCUT2D eigenvalue weighted by Crippen LogP contribution is 2.73. The third-order valence-electron chi connectivity index (χ3n) is 12.7. The van der Waals surface area contributed by atoms with Crippen LogP contribution >= 0.6 is 11.3 Å². The number of fused-ring (bicyclic) bond motifs is 5. The van der Waals surface area contributed by atoms with Gasteiger partial charge < -0.3 is 4.74 Å². The van der Waals surface area contributed by atoms with E-state index in [0.29, 0.717) is 29.3 Å². The number of nitrogens with zero attached hydrogens (tertiary/aromatic N) is 2. The van der Waals surface area contributed by atoms with Crippen molar-refractivity contribution in [2.75, 3.05) is 0 Å². The molecule has 5 heteroatoms. The molecule has 3 heterocycles. The van der Waals surface area contributed by atoms with E-state index in [2.05, 4.69) is 110 Å². The molecule has 5 aliphatic carbocycles. The summed E-state index contributed by atoms with van der Waals surface area (Å²) in [6, 6.07) is 17.5. The lowest BCUT2D eigenvalue weighted by Gasteiger charge is -2.48. The van der Waals surface area contributed by atoms with Gasteiger partial charge in [0.2, 0.25) is 12.0 Å². The smallest absolute Gasteiger partial charge is 0.231 e. The molecular formula is C43H44N3OS+. The molecule has 3 aromatic rings. The van der Waals surface area contributed by atoms with E-state index in [9.17, 15) is 0 Å². The summed E-state index contributed by atoms with van der Waals surface area (Å²) in [5.74, 6) is 3.79. The van der Waals surface area contributed by atoms with Crippen molar-refractivity contribution in [3.8, 4) is 0 Å². The van der Waals surface area contributed by atoms with Crippen molar-refractivity contribution in [3.05, 3.63) is 123 Å². The van der Waals surface area contributed by atoms with E-state index in [1.54, 1.807) is 5.57 Å². The molecule has 2 fully saturated rings. The summed E-state index contributed by atoms with van der Waals surface area (Å²) in [6.45, 7) is 5.06. The summed E-state index contributed by atoms with van der Waals surface area (Å²) in [5, 5.41) is 3.64. The standard InChI is InChI=1S/C43H43N3OS/c1-42(2)33-13-7-8-14-35(33)47-43-23-22-29(24-34(43)38(42)43)26-16-18-28(19-17-26)40-44-39(27-10-4-3-5-11-27)45-41(46-40)30-20-21-32-31-12-6-9-15-36(31)48-37(32)25-30/h3-8,10-12,16,18,20-21,24-25,33-35,38-39H,9,13-15,17,19,22-23H2,1-2H3,(H,44,45,46)/p+1. The number of aryl methyl sites for hydroxylation is 1. The fraction of sp³-hybridized carbons (Fsp3) is 0.395. The number of hydrogen-bond donors (Lipinski definition) is 1. The Morgan fingerprint density at radius 3 is 2.62 bits per heavy atom. The number of allylic oxidation sites excluding steroid dienone is 6. The van der Waals surface area contributed by atoms with Crippen LogP contribution < -0.4 is 5.32 Å². The Kier molecular flexibility index (Phi) is 6.67. The van der Waals surface area contributed by atoms with Crippen LogP contribution in [0.5, 0.6) is 0 Å². The highest BCUT2D eigenvalue weighted by molar-refractivity contribution is 7.19. The fourth-order valence-corrected chi connectivity index (χ4v) is 11.5. The minimum Gasteiger partial charge on any atom is -0.370 e. The molecule has 0 bridgehead atoms. The van der Waals surface area contributed by atoms with Crippen LogP contribution in [0.4, 0.5) is 0 Å². The largest absolute Gasteiger partial charge is 0.370 e. The molecule has 6 unspecified atom stereocenters. The average molecular weight is 651 g/mol. The molecule has 2 aliphatic heterocycles. The van der Waals surface area contributed by atoms with Gasteiger partial charge in [-0.1, -0.05) is 98.8 Å². The van der Waals surface area contributed by atoms with Crippen molar-refractivity contribution in [1.29, 1.82) is 0 Å². The number of rotatable bonds is 4. The van der Waals surface area contributed by atoms with Gasteiger partial charge in [-0.05, 0) is 90.9 Å². The lowest BCUT2D eigenvalue weighted by molar-refractivity contribution is -0.587. The van der Waals surface area contributed by atoms with Gasteiger partial charge in [-0.2, -0.15) is 4.99 Å². The Labute approximate surface area is 287 Å². The molecule has 1 saturated carbocycles. The SMILES string of the molecule is CC1(C)C2CC=CCC2OC23CCC(C4=CC=C(C5=NC(c6ccc7c8c(sc7c6)CCC=C8)=NC(c6ccccc6)[NH2+]5)CC4)=CC2C13. The Balaban J connectivity index is 0.950. The third kappa shape index (κ3) is 4.54. The van der Waals surface area contributed by atoms with E-state index < -0.39 is 0 Å². The van der Waals surface area contributed by atoms with E-state index in [-0.39, 0.29) is 11.8 Å². The van der Waals surface area contributed by atoms with Gasteiger partial charge in [-0.15, -0.1) is 11.3 Å². The number of benzene rings is 2. The van der Waals surface area contributed by atoms with Crippen LogP contribution in [-0.2, 0) is 11.2 Å². The number of thiophene rings is 1. The average Bonchev–Trinajstić information content (AvgIpc) is 3.67. The molecule has 0 radical (unpaired) electrons. The number of nitrogens with two attached hydrogens (primary N) is 1. The van der Waals surface area contributed by atoms with Crippen molar-refractivity contribution in [2.24, 2.45) is 33.2 Å². The number of hydrogen-bond acceptors (Lipinski definition) is 4. The lowest BCUT2D eigenvalue weighted by Crippen LogP contribution is -2.90. The van der Waals surface area contributed by atoms with Gasteiger partial charge in [0, 0.05) is 38.1 Å². The van der Waals surface area contributed by atoms with E-state index in [1.165, 1.54) is 50.1 Å². The monoisotopic (exact) mass is 650 g/mol. The van der Waals surface area contributed by atoms with Crippen molar-refractivity contribution < 1.29 is 10.1 Å². The molecule has 1 saturated heterocycles. The maximum atomic E-state index is 7.00. The normalized spacial score (nSPS) is 32.9. The molecule has 10 rings (SSSR count). The second-order valence-electron chi connectivity index (χ2n) is 15.6. The Morgan fingerprint density at radius 1 is 0.896 bits per heavy atom. The predicted octanol–water partition coefficient (Wildman–Crippen LogP) is 9.02. The molecule has 7 aliphatic rings. The first-order valence-electron chi connectivity index (χ1n) is 18.2. The van der Waals surface area contributed by atoms with Gasteiger partial charge >= 0.3 is 0 Å². The maximum absolute atomic E-state index is 7.00. The number of aliphatic imine (C=N–C) groups is 2. The predicted molar refractivity (Wildman–Crippen MR) is 197 cm³/mol. The van der Waals surface area contributed by atoms with Crippen LogP contribution in [0.15, 0.2) is 112 Å². The summed E-state index contributed by atoms with van der Waals surface area (Å²) in [7, 11) is 0.